The maximum Gasteiger partial charge on any atom is 0.163 e. The Kier molecular flexibility index (Phi) is 5.00. The van der Waals surface area contributed by atoms with Crippen LogP contribution in [0.2, 0.25) is 0 Å². The van der Waals surface area contributed by atoms with Crippen LogP contribution in [0.4, 0.5) is 0 Å². The van der Waals surface area contributed by atoms with Crippen LogP contribution < -0.4 is 0 Å². The number of aliphatic hydroxyl groups excluding tert-OH is 2. The van der Waals surface area contributed by atoms with E-state index in [2.05, 4.69) is 20.8 Å². The maximum absolute atomic E-state index is 10.1. The molecule has 2 saturated heterocycles. The zero-order valence-corrected chi connectivity index (χ0v) is 18.4. The molecule has 5 heteroatoms. The lowest BCUT2D eigenvalue weighted by atomic mass is 9.43. The van der Waals surface area contributed by atoms with E-state index in [1.807, 2.05) is 13.8 Å². The molecule has 2 aliphatic carbocycles. The molecule has 162 valence electrons. The van der Waals surface area contributed by atoms with Gasteiger partial charge in [-0.3, -0.25) is 0 Å². The summed E-state index contributed by atoms with van der Waals surface area (Å²) in [7, 11) is 0. The first-order chi connectivity index (χ1) is 13.1. The van der Waals surface area contributed by atoms with E-state index in [4.69, 9.17) is 14.2 Å². The highest BCUT2D eigenvalue weighted by Crippen LogP contribution is 2.69. The monoisotopic (exact) mass is 396 g/mol. The van der Waals surface area contributed by atoms with E-state index in [0.29, 0.717) is 18.3 Å². The van der Waals surface area contributed by atoms with Gasteiger partial charge in [0, 0.05) is 23.9 Å². The lowest BCUT2D eigenvalue weighted by Gasteiger charge is -2.67. The molecule has 0 amide bonds. The molecular formula is C23H40O5. The first kappa shape index (κ1) is 21.0. The maximum atomic E-state index is 10.1. The standard InChI is InChI=1S/C23H40O5/c1-16-6-7-17-20(4)15-26-19(2,3)27-18(20)8-9-21(17,5)23(16)11-10-22(14-25,28-23)12-13-24/h16-18,24-25H,6-15H2,1-5H3/t16?,17?,18?,20?,21-,22?,23-/m0/s1. The van der Waals surface area contributed by atoms with Gasteiger partial charge in [0.2, 0.25) is 0 Å². The molecule has 2 heterocycles. The molecule has 4 rings (SSSR count). The van der Waals surface area contributed by atoms with Crippen LogP contribution >= 0.6 is 0 Å². The molecule has 7 atom stereocenters. The van der Waals surface area contributed by atoms with Crippen molar-refractivity contribution in [2.24, 2.45) is 22.7 Å². The predicted molar refractivity (Wildman–Crippen MR) is 107 cm³/mol. The molecule has 28 heavy (non-hydrogen) atoms. The zero-order chi connectivity index (χ0) is 20.4. The van der Waals surface area contributed by atoms with Gasteiger partial charge in [0.15, 0.2) is 5.79 Å². The third kappa shape index (κ3) is 2.76. The van der Waals surface area contributed by atoms with Crippen LogP contribution in [0.5, 0.6) is 0 Å². The fourth-order valence-corrected chi connectivity index (χ4v) is 7.57. The normalized spacial score (nSPS) is 53.0. The van der Waals surface area contributed by atoms with E-state index in [-0.39, 0.29) is 35.7 Å². The molecule has 0 aromatic heterocycles. The smallest absolute Gasteiger partial charge is 0.163 e. The van der Waals surface area contributed by atoms with E-state index < -0.39 is 11.4 Å². The number of hydrogen-bond donors (Lipinski definition) is 2. The fourth-order valence-electron chi connectivity index (χ4n) is 7.57. The van der Waals surface area contributed by atoms with E-state index in [1.165, 1.54) is 6.42 Å². The van der Waals surface area contributed by atoms with Gasteiger partial charge in [0.25, 0.3) is 0 Å². The highest BCUT2D eigenvalue weighted by atomic mass is 16.7. The van der Waals surface area contributed by atoms with Crippen molar-refractivity contribution in [3.8, 4) is 0 Å². The first-order valence-electron chi connectivity index (χ1n) is 11.3. The van der Waals surface area contributed by atoms with Gasteiger partial charge in [-0.2, -0.15) is 0 Å². The molecule has 0 aromatic carbocycles. The first-order valence-corrected chi connectivity index (χ1v) is 11.3. The Balaban J connectivity index is 1.70. The second kappa shape index (κ2) is 6.65. The van der Waals surface area contributed by atoms with Gasteiger partial charge in [-0.15, -0.1) is 0 Å². The van der Waals surface area contributed by atoms with Crippen LogP contribution in [0.3, 0.4) is 0 Å². The molecule has 0 radical (unpaired) electrons. The minimum absolute atomic E-state index is 0.0108. The molecule has 0 bridgehead atoms. The summed E-state index contributed by atoms with van der Waals surface area (Å²) in [6.45, 7) is 12.0. The summed E-state index contributed by atoms with van der Waals surface area (Å²) in [5.41, 5.74) is -0.820. The number of fused-ring (bicyclic) bond motifs is 4. The third-order valence-corrected chi connectivity index (χ3v) is 9.24. The number of hydrogen-bond acceptors (Lipinski definition) is 5. The number of aliphatic hydroxyl groups is 2. The van der Waals surface area contributed by atoms with Gasteiger partial charge in [-0.1, -0.05) is 20.8 Å². The van der Waals surface area contributed by atoms with Crippen molar-refractivity contribution < 1.29 is 24.4 Å². The Morgan fingerprint density at radius 3 is 2.39 bits per heavy atom. The molecule has 2 aliphatic heterocycles. The SMILES string of the molecule is CC1CCC2C3(C)COC(C)(C)OC3CC[C@]2(C)[C@]12CCC(CO)(CCO)O2. The van der Waals surface area contributed by atoms with Crippen molar-refractivity contribution in [1.29, 1.82) is 0 Å². The van der Waals surface area contributed by atoms with Crippen LogP contribution in [0, 0.1) is 22.7 Å². The molecule has 1 spiro atoms. The van der Waals surface area contributed by atoms with Crippen molar-refractivity contribution in [2.75, 3.05) is 19.8 Å². The Morgan fingerprint density at radius 1 is 0.964 bits per heavy atom. The van der Waals surface area contributed by atoms with Crippen LogP contribution in [-0.2, 0) is 14.2 Å². The van der Waals surface area contributed by atoms with Gasteiger partial charge < -0.3 is 24.4 Å². The number of ether oxygens (including phenoxy) is 3. The summed E-state index contributed by atoms with van der Waals surface area (Å²) < 4.78 is 19.5. The van der Waals surface area contributed by atoms with Crippen molar-refractivity contribution in [3.63, 3.8) is 0 Å². The van der Waals surface area contributed by atoms with Crippen LogP contribution in [0.15, 0.2) is 0 Å². The minimum atomic E-state index is -0.590. The second-order valence-corrected chi connectivity index (χ2v) is 11.1. The van der Waals surface area contributed by atoms with E-state index in [1.54, 1.807) is 0 Å². The van der Waals surface area contributed by atoms with Gasteiger partial charge in [0.05, 0.1) is 30.5 Å². The Morgan fingerprint density at radius 2 is 1.71 bits per heavy atom. The summed E-state index contributed by atoms with van der Waals surface area (Å²) in [5, 5.41) is 19.7. The Hall–Kier alpha value is -0.200. The molecule has 5 nitrogen and oxygen atoms in total. The average molecular weight is 397 g/mol. The molecule has 0 aromatic rings. The Labute approximate surface area is 170 Å². The highest BCUT2D eigenvalue weighted by molar-refractivity contribution is 5.18. The van der Waals surface area contributed by atoms with Crippen molar-refractivity contribution in [1.82, 2.24) is 0 Å². The quantitative estimate of drug-likeness (QED) is 0.762. The molecule has 4 aliphatic rings. The summed E-state index contributed by atoms with van der Waals surface area (Å²) in [5.74, 6) is 0.409. The minimum Gasteiger partial charge on any atom is -0.396 e. The third-order valence-electron chi connectivity index (χ3n) is 9.24. The lowest BCUT2D eigenvalue weighted by molar-refractivity contribution is -0.359. The van der Waals surface area contributed by atoms with Crippen LogP contribution in [0.25, 0.3) is 0 Å². The van der Waals surface area contributed by atoms with E-state index in [9.17, 15) is 10.2 Å². The van der Waals surface area contributed by atoms with Gasteiger partial charge in [0.1, 0.15) is 0 Å². The summed E-state index contributed by atoms with van der Waals surface area (Å²) in [6, 6.07) is 0. The Bertz CT molecular complexity index is 608. The summed E-state index contributed by atoms with van der Waals surface area (Å²) in [4.78, 5) is 0. The fraction of sp³-hybridized carbons (Fsp3) is 1.00. The molecule has 4 fully saturated rings. The molecule has 5 unspecified atom stereocenters. The zero-order valence-electron chi connectivity index (χ0n) is 18.4. The average Bonchev–Trinajstić information content (AvgIpc) is 3.03. The molecule has 2 N–H and O–H groups in total. The van der Waals surface area contributed by atoms with Crippen molar-refractivity contribution >= 4 is 0 Å². The number of rotatable bonds is 3. The van der Waals surface area contributed by atoms with Crippen LogP contribution in [0.1, 0.15) is 79.6 Å². The molecular weight excluding hydrogens is 356 g/mol. The van der Waals surface area contributed by atoms with Gasteiger partial charge in [-0.25, -0.2) is 0 Å². The second-order valence-electron chi connectivity index (χ2n) is 11.1. The predicted octanol–water partition coefficient (Wildman–Crippen LogP) is 3.65. The van der Waals surface area contributed by atoms with Crippen molar-refractivity contribution in [2.45, 2.75) is 103 Å². The topological polar surface area (TPSA) is 68.2 Å². The van der Waals surface area contributed by atoms with Gasteiger partial charge in [-0.05, 0) is 64.2 Å². The van der Waals surface area contributed by atoms with E-state index in [0.717, 1.165) is 38.7 Å². The summed E-state index contributed by atoms with van der Waals surface area (Å²) in [6.07, 6.45) is 6.95. The van der Waals surface area contributed by atoms with Crippen LogP contribution in [-0.4, -0.2) is 53.1 Å². The van der Waals surface area contributed by atoms with E-state index >= 15 is 0 Å². The van der Waals surface area contributed by atoms with Gasteiger partial charge >= 0.3 is 0 Å². The van der Waals surface area contributed by atoms with Crippen molar-refractivity contribution in [3.05, 3.63) is 0 Å². The summed E-state index contributed by atoms with van der Waals surface area (Å²) >= 11 is 0. The molecule has 2 saturated carbocycles. The largest absolute Gasteiger partial charge is 0.396 e. The lowest BCUT2D eigenvalue weighted by Crippen LogP contribution is -2.69. The highest BCUT2D eigenvalue weighted by Gasteiger charge is 2.70.